The normalized spacial score (nSPS) is 19.4. The number of rotatable bonds is 7. The fourth-order valence-electron chi connectivity index (χ4n) is 3.90. The van der Waals surface area contributed by atoms with E-state index >= 15 is 0 Å². The smallest absolute Gasteiger partial charge is 0.200 e. The summed E-state index contributed by atoms with van der Waals surface area (Å²) in [5, 5.41) is 9.33. The molecule has 150 valence electrons. The third-order valence-electron chi connectivity index (χ3n) is 5.50. The van der Waals surface area contributed by atoms with E-state index < -0.39 is 17.5 Å². The van der Waals surface area contributed by atoms with Gasteiger partial charge in [0.15, 0.2) is 23.1 Å². The van der Waals surface area contributed by atoms with Crippen LogP contribution in [-0.2, 0) is 0 Å². The van der Waals surface area contributed by atoms with Crippen LogP contribution in [0.25, 0.3) is 0 Å². The summed E-state index contributed by atoms with van der Waals surface area (Å²) in [6.07, 6.45) is 6.13. The van der Waals surface area contributed by atoms with Gasteiger partial charge in [-0.05, 0) is 79.7 Å². The number of hydrogen-bond acceptors (Lipinski definition) is 2. The van der Waals surface area contributed by atoms with Crippen molar-refractivity contribution in [3.63, 3.8) is 0 Å². The largest absolute Gasteiger partial charge is 0.505 e. The van der Waals surface area contributed by atoms with Crippen LogP contribution >= 0.6 is 0 Å². The molecule has 2 aromatic rings. The van der Waals surface area contributed by atoms with Gasteiger partial charge < -0.3 is 9.84 Å². The molecule has 1 aliphatic rings. The molecule has 2 aromatic carbocycles. The molecule has 0 aliphatic heterocycles. The maximum atomic E-state index is 14.6. The average molecular weight is 390 g/mol. The first-order valence-corrected chi connectivity index (χ1v) is 9.71. The lowest BCUT2D eigenvalue weighted by Crippen LogP contribution is -2.14. The van der Waals surface area contributed by atoms with Crippen molar-refractivity contribution in [1.29, 1.82) is 0 Å². The Kier molecular flexibility index (Phi) is 6.65. The van der Waals surface area contributed by atoms with Gasteiger partial charge in [0.1, 0.15) is 0 Å². The summed E-state index contributed by atoms with van der Waals surface area (Å²) >= 11 is 0. The Bertz CT molecular complexity index is 827. The van der Waals surface area contributed by atoms with Gasteiger partial charge in [-0.15, -0.1) is 6.58 Å². The van der Waals surface area contributed by atoms with Crippen molar-refractivity contribution in [2.24, 2.45) is 0 Å². The summed E-state index contributed by atoms with van der Waals surface area (Å²) in [4.78, 5) is 0. The Hall–Kier alpha value is -2.43. The molecule has 28 heavy (non-hydrogen) atoms. The van der Waals surface area contributed by atoms with Crippen molar-refractivity contribution in [2.75, 3.05) is 6.61 Å². The van der Waals surface area contributed by atoms with E-state index in [0.717, 1.165) is 24.8 Å². The molecule has 1 fully saturated rings. The van der Waals surface area contributed by atoms with Gasteiger partial charge in [0.05, 0.1) is 6.61 Å². The highest BCUT2D eigenvalue weighted by molar-refractivity contribution is 5.34. The van der Waals surface area contributed by atoms with Crippen LogP contribution < -0.4 is 4.74 Å². The third kappa shape index (κ3) is 4.51. The van der Waals surface area contributed by atoms with Crippen LogP contribution in [0.5, 0.6) is 11.5 Å². The van der Waals surface area contributed by atoms with Crippen molar-refractivity contribution in [3.05, 3.63) is 71.6 Å². The first-order valence-electron chi connectivity index (χ1n) is 9.71. The van der Waals surface area contributed by atoms with Crippen LogP contribution in [0.1, 0.15) is 61.5 Å². The summed E-state index contributed by atoms with van der Waals surface area (Å²) < 4.78 is 47.9. The fourth-order valence-corrected chi connectivity index (χ4v) is 3.90. The lowest BCUT2D eigenvalue weighted by molar-refractivity contribution is 0.289. The fraction of sp³-hybridized carbons (Fsp3) is 0.391. The van der Waals surface area contributed by atoms with Crippen molar-refractivity contribution in [3.8, 4) is 11.5 Å². The predicted molar refractivity (Wildman–Crippen MR) is 103 cm³/mol. The van der Waals surface area contributed by atoms with E-state index in [1.54, 1.807) is 18.2 Å². The molecular weight excluding hydrogens is 365 g/mol. The van der Waals surface area contributed by atoms with Crippen LogP contribution in [0.4, 0.5) is 13.2 Å². The Morgan fingerprint density at radius 3 is 2.39 bits per heavy atom. The molecule has 0 spiro atoms. The number of ether oxygens (including phenoxy) is 1. The van der Waals surface area contributed by atoms with E-state index in [4.69, 9.17) is 4.74 Å². The zero-order chi connectivity index (χ0) is 20.1. The Balaban J connectivity index is 1.64. The minimum atomic E-state index is -0.932. The molecule has 1 saturated carbocycles. The minimum Gasteiger partial charge on any atom is -0.505 e. The number of hydrogen-bond donors (Lipinski definition) is 1. The number of phenols is 1. The standard InChI is InChI=1S/C23H25F3O2/c1-2-3-4-13-28-21-12-10-18(22(25)23(21)26)16-7-5-15(6-8-16)17-9-11-20(27)19(24)14-17/h2,9-12,14-16,27H,1,3-8,13H2. The molecule has 0 bridgehead atoms. The molecular formula is C23H25F3O2. The number of halogens is 3. The second kappa shape index (κ2) is 9.18. The van der Waals surface area contributed by atoms with Crippen LogP contribution in [0, 0.1) is 17.5 Å². The topological polar surface area (TPSA) is 29.5 Å². The van der Waals surface area contributed by atoms with Crippen LogP contribution in [0.3, 0.4) is 0 Å². The monoisotopic (exact) mass is 390 g/mol. The van der Waals surface area contributed by atoms with E-state index in [9.17, 15) is 18.3 Å². The maximum Gasteiger partial charge on any atom is 0.200 e. The molecule has 5 heteroatoms. The van der Waals surface area contributed by atoms with Crippen molar-refractivity contribution < 1.29 is 23.0 Å². The van der Waals surface area contributed by atoms with Crippen LogP contribution in [-0.4, -0.2) is 11.7 Å². The predicted octanol–water partition coefficient (Wildman–Crippen LogP) is 6.60. The van der Waals surface area contributed by atoms with Crippen molar-refractivity contribution in [2.45, 2.75) is 50.4 Å². The van der Waals surface area contributed by atoms with Gasteiger partial charge in [-0.1, -0.05) is 18.2 Å². The Morgan fingerprint density at radius 2 is 1.71 bits per heavy atom. The molecule has 0 aromatic heterocycles. The van der Waals surface area contributed by atoms with E-state index in [-0.39, 0.29) is 23.3 Å². The Labute approximate surface area is 163 Å². The van der Waals surface area contributed by atoms with Gasteiger partial charge in [-0.25, -0.2) is 8.78 Å². The van der Waals surface area contributed by atoms with Crippen LogP contribution in [0.2, 0.25) is 0 Å². The quantitative estimate of drug-likeness (QED) is 0.426. The molecule has 0 saturated heterocycles. The molecule has 0 heterocycles. The molecule has 0 unspecified atom stereocenters. The molecule has 2 nitrogen and oxygen atoms in total. The highest BCUT2D eigenvalue weighted by Crippen LogP contribution is 2.42. The van der Waals surface area contributed by atoms with E-state index in [1.165, 1.54) is 18.2 Å². The number of aromatic hydroxyl groups is 1. The summed E-state index contributed by atoms with van der Waals surface area (Å²) in [5.41, 5.74) is 1.22. The highest BCUT2D eigenvalue weighted by atomic mass is 19.2. The number of phenolic OH excluding ortho intramolecular Hbond substituents is 1. The van der Waals surface area contributed by atoms with E-state index in [2.05, 4.69) is 6.58 Å². The molecule has 3 rings (SSSR count). The van der Waals surface area contributed by atoms with E-state index in [0.29, 0.717) is 31.4 Å². The van der Waals surface area contributed by atoms with E-state index in [1.807, 2.05) is 0 Å². The number of unbranched alkanes of at least 4 members (excludes halogenated alkanes) is 1. The van der Waals surface area contributed by atoms with Crippen LogP contribution in [0.15, 0.2) is 43.0 Å². The SMILES string of the molecule is C=CCCCOc1ccc(C2CCC(c3ccc(O)c(F)c3)CC2)c(F)c1F. The maximum absolute atomic E-state index is 14.6. The number of benzene rings is 2. The average Bonchev–Trinajstić information content (AvgIpc) is 2.71. The van der Waals surface area contributed by atoms with Gasteiger partial charge in [0, 0.05) is 0 Å². The summed E-state index contributed by atoms with van der Waals surface area (Å²) in [6.45, 7) is 3.93. The summed E-state index contributed by atoms with van der Waals surface area (Å²) in [5.74, 6) is -2.72. The molecule has 1 N–H and O–H groups in total. The lowest BCUT2D eigenvalue weighted by Gasteiger charge is -2.29. The van der Waals surface area contributed by atoms with Gasteiger partial charge in [-0.2, -0.15) is 4.39 Å². The van der Waals surface area contributed by atoms with Crippen molar-refractivity contribution in [1.82, 2.24) is 0 Å². The lowest BCUT2D eigenvalue weighted by atomic mass is 9.76. The first kappa shape index (κ1) is 20.3. The van der Waals surface area contributed by atoms with Gasteiger partial charge >= 0.3 is 0 Å². The van der Waals surface area contributed by atoms with Gasteiger partial charge in [0.2, 0.25) is 5.82 Å². The summed E-state index contributed by atoms with van der Waals surface area (Å²) in [6, 6.07) is 7.57. The highest BCUT2D eigenvalue weighted by Gasteiger charge is 2.27. The van der Waals surface area contributed by atoms with Crippen molar-refractivity contribution >= 4 is 0 Å². The second-order valence-corrected chi connectivity index (χ2v) is 7.32. The zero-order valence-corrected chi connectivity index (χ0v) is 15.8. The van der Waals surface area contributed by atoms with Gasteiger partial charge in [-0.3, -0.25) is 0 Å². The summed E-state index contributed by atoms with van der Waals surface area (Å²) in [7, 11) is 0. The molecule has 0 amide bonds. The molecule has 0 atom stereocenters. The Morgan fingerprint density at radius 1 is 1.00 bits per heavy atom. The third-order valence-corrected chi connectivity index (χ3v) is 5.50. The first-order chi connectivity index (χ1) is 13.5. The molecule has 1 aliphatic carbocycles. The molecule has 0 radical (unpaired) electrons. The zero-order valence-electron chi connectivity index (χ0n) is 15.8. The minimum absolute atomic E-state index is 0.0569. The second-order valence-electron chi connectivity index (χ2n) is 7.32. The number of allylic oxidation sites excluding steroid dienone is 1. The van der Waals surface area contributed by atoms with Gasteiger partial charge in [0.25, 0.3) is 0 Å².